The maximum Gasteiger partial charge on any atom is 0.194 e. The van der Waals surface area contributed by atoms with Crippen LogP contribution in [0.1, 0.15) is 46.3 Å². The number of pyridine rings is 1. The highest BCUT2D eigenvalue weighted by molar-refractivity contribution is 7.23. The lowest BCUT2D eigenvalue weighted by atomic mass is 9.77. The zero-order valence-corrected chi connectivity index (χ0v) is 30.6. The Bertz CT molecular complexity index is 2600. The molecule has 4 aromatic heterocycles. The number of aromatic nitrogens is 7. The van der Waals surface area contributed by atoms with Gasteiger partial charge >= 0.3 is 0 Å². The predicted octanol–water partition coefficient (Wildman–Crippen LogP) is 10.0. The van der Waals surface area contributed by atoms with E-state index in [9.17, 15) is 0 Å². The van der Waals surface area contributed by atoms with E-state index in [0.717, 1.165) is 67.4 Å². The highest BCUT2D eigenvalue weighted by Crippen LogP contribution is 2.48. The summed E-state index contributed by atoms with van der Waals surface area (Å²) in [6, 6.07) is 51.3. The molecule has 0 unspecified atom stereocenters. The second-order valence-corrected chi connectivity index (χ2v) is 14.5. The van der Waals surface area contributed by atoms with Crippen molar-refractivity contribution in [1.29, 1.82) is 0 Å². The SMILES string of the molecule is CCc1nc2c(C)cc(C)nc2n1Cc1ccc(-c2c(-c3nnnn3C(c3ccccc3)(c3ccccc3)c3ccccc3)sc3ccccc23)cc1. The minimum absolute atomic E-state index is 0.694. The highest BCUT2D eigenvalue weighted by Gasteiger charge is 2.42. The van der Waals surface area contributed by atoms with Crippen molar-refractivity contribution in [3.05, 3.63) is 185 Å². The summed E-state index contributed by atoms with van der Waals surface area (Å²) in [7, 11) is 0. The van der Waals surface area contributed by atoms with Gasteiger partial charge in [-0.05, 0) is 69.8 Å². The molecule has 258 valence electrons. The number of rotatable bonds is 9. The van der Waals surface area contributed by atoms with E-state index in [1.54, 1.807) is 11.3 Å². The summed E-state index contributed by atoms with van der Waals surface area (Å²) in [5, 5.41) is 15.3. The molecule has 8 heteroatoms. The lowest BCUT2D eigenvalue weighted by molar-refractivity contribution is 0.451. The molecule has 0 saturated heterocycles. The van der Waals surface area contributed by atoms with Crippen molar-refractivity contribution in [1.82, 2.24) is 34.7 Å². The zero-order chi connectivity index (χ0) is 35.9. The van der Waals surface area contributed by atoms with Crippen molar-refractivity contribution in [3.63, 3.8) is 0 Å². The van der Waals surface area contributed by atoms with Crippen molar-refractivity contribution >= 4 is 32.6 Å². The predicted molar refractivity (Wildman–Crippen MR) is 214 cm³/mol. The Labute approximate surface area is 312 Å². The fourth-order valence-electron chi connectivity index (χ4n) is 7.79. The third kappa shape index (κ3) is 5.45. The van der Waals surface area contributed by atoms with Crippen LogP contribution in [0, 0.1) is 13.8 Å². The first-order valence-electron chi connectivity index (χ1n) is 18.0. The van der Waals surface area contributed by atoms with Crippen molar-refractivity contribution in [2.24, 2.45) is 0 Å². The third-order valence-corrected chi connectivity index (χ3v) is 11.3. The van der Waals surface area contributed by atoms with E-state index in [1.807, 2.05) is 11.6 Å². The minimum atomic E-state index is -0.852. The van der Waals surface area contributed by atoms with Crippen LogP contribution in [0.15, 0.2) is 146 Å². The van der Waals surface area contributed by atoms with Crippen LogP contribution in [0.2, 0.25) is 0 Å². The van der Waals surface area contributed by atoms with Gasteiger partial charge in [0.05, 0.1) is 11.4 Å². The zero-order valence-electron chi connectivity index (χ0n) is 29.8. The molecule has 0 fully saturated rings. The molecular formula is C45H37N7S. The topological polar surface area (TPSA) is 74.3 Å². The van der Waals surface area contributed by atoms with Crippen molar-refractivity contribution in [2.75, 3.05) is 0 Å². The Balaban J connectivity index is 1.22. The summed E-state index contributed by atoms with van der Waals surface area (Å²) in [5.41, 5.74) is 9.84. The van der Waals surface area contributed by atoms with Crippen LogP contribution >= 0.6 is 11.3 Å². The first-order chi connectivity index (χ1) is 26.1. The smallest absolute Gasteiger partial charge is 0.194 e. The molecule has 0 saturated carbocycles. The van der Waals surface area contributed by atoms with Crippen LogP contribution in [0.25, 0.3) is 43.1 Å². The van der Waals surface area contributed by atoms with E-state index in [4.69, 9.17) is 20.3 Å². The van der Waals surface area contributed by atoms with Gasteiger partial charge in [0.25, 0.3) is 0 Å². The van der Waals surface area contributed by atoms with Gasteiger partial charge in [0, 0.05) is 27.8 Å². The molecule has 0 N–H and O–H groups in total. The average Bonchev–Trinajstić information content (AvgIpc) is 3.93. The van der Waals surface area contributed by atoms with Gasteiger partial charge in [-0.3, -0.25) is 0 Å². The summed E-state index contributed by atoms with van der Waals surface area (Å²) in [4.78, 5) is 10.9. The van der Waals surface area contributed by atoms with Crippen LogP contribution in [0.5, 0.6) is 0 Å². The number of hydrogen-bond donors (Lipinski definition) is 0. The molecule has 0 spiro atoms. The second-order valence-electron chi connectivity index (χ2n) is 13.4. The molecule has 9 aromatic rings. The number of aryl methyl sites for hydroxylation is 3. The Hall–Kier alpha value is -6.25. The van der Waals surface area contributed by atoms with Crippen LogP contribution in [-0.4, -0.2) is 34.7 Å². The summed E-state index contributed by atoms with van der Waals surface area (Å²) in [5.74, 6) is 1.75. The number of hydrogen-bond acceptors (Lipinski definition) is 6. The van der Waals surface area contributed by atoms with Gasteiger partial charge in [0.15, 0.2) is 11.5 Å². The highest BCUT2D eigenvalue weighted by atomic mass is 32.1. The van der Waals surface area contributed by atoms with Gasteiger partial charge in [-0.25, -0.2) is 14.6 Å². The van der Waals surface area contributed by atoms with Gasteiger partial charge < -0.3 is 4.57 Å². The van der Waals surface area contributed by atoms with E-state index >= 15 is 0 Å². The Morgan fingerprint density at radius 3 is 1.91 bits per heavy atom. The number of thiophene rings is 1. The van der Waals surface area contributed by atoms with Gasteiger partial charge in [-0.2, -0.15) is 0 Å². The first kappa shape index (κ1) is 32.6. The van der Waals surface area contributed by atoms with Crippen molar-refractivity contribution in [2.45, 2.75) is 39.3 Å². The quantitative estimate of drug-likeness (QED) is 0.140. The lowest BCUT2D eigenvalue weighted by Crippen LogP contribution is -2.39. The molecule has 0 aliphatic heterocycles. The number of fused-ring (bicyclic) bond motifs is 2. The van der Waals surface area contributed by atoms with E-state index in [0.29, 0.717) is 12.4 Å². The molecule has 53 heavy (non-hydrogen) atoms. The molecule has 4 heterocycles. The molecule has 0 radical (unpaired) electrons. The Morgan fingerprint density at radius 1 is 0.679 bits per heavy atom. The minimum Gasteiger partial charge on any atom is -0.308 e. The number of nitrogens with zero attached hydrogens (tertiary/aromatic N) is 7. The van der Waals surface area contributed by atoms with Crippen molar-refractivity contribution < 1.29 is 0 Å². The Kier molecular flexibility index (Phi) is 8.24. The number of imidazole rings is 1. The first-order valence-corrected chi connectivity index (χ1v) is 18.8. The molecule has 5 aromatic carbocycles. The molecule has 0 amide bonds. The van der Waals surface area contributed by atoms with E-state index in [-0.39, 0.29) is 0 Å². The average molecular weight is 708 g/mol. The van der Waals surface area contributed by atoms with Crippen LogP contribution in [0.3, 0.4) is 0 Å². The molecule has 7 nitrogen and oxygen atoms in total. The standard InChI is InChI=1S/C45H37N7S/c1-4-39-47-41-30(2)28-31(3)46-43(41)51(39)29-32-24-26-33(27-25-32)40-37-22-14-15-23-38(37)53-42(40)44-48-49-50-52(44)45(34-16-8-5-9-17-34,35-18-10-6-11-19-35)36-20-12-7-13-21-36/h5-28H,4,29H2,1-3H3. The number of tetrazole rings is 1. The lowest BCUT2D eigenvalue weighted by Gasteiger charge is -2.36. The third-order valence-electron chi connectivity index (χ3n) is 10.2. The molecular weight excluding hydrogens is 671 g/mol. The maximum atomic E-state index is 4.97. The van der Waals surface area contributed by atoms with Gasteiger partial charge in [0.1, 0.15) is 16.9 Å². The summed E-state index contributed by atoms with van der Waals surface area (Å²) < 4.78 is 5.47. The molecule has 0 bridgehead atoms. The van der Waals surface area contributed by atoms with Crippen LogP contribution in [-0.2, 0) is 18.5 Å². The molecule has 0 aliphatic carbocycles. The normalized spacial score (nSPS) is 11.8. The largest absolute Gasteiger partial charge is 0.308 e. The summed E-state index contributed by atoms with van der Waals surface area (Å²) in [6.45, 7) is 7.01. The van der Waals surface area contributed by atoms with Crippen molar-refractivity contribution in [3.8, 4) is 21.8 Å². The molecule has 0 aliphatic rings. The fourth-order valence-corrected chi connectivity index (χ4v) is 8.99. The summed E-state index contributed by atoms with van der Waals surface area (Å²) >= 11 is 1.73. The van der Waals surface area contributed by atoms with E-state index < -0.39 is 5.54 Å². The monoisotopic (exact) mass is 707 g/mol. The maximum absolute atomic E-state index is 4.97. The fraction of sp³-hybridized carbons (Fsp3) is 0.133. The van der Waals surface area contributed by atoms with Gasteiger partial charge in [-0.15, -0.1) is 16.4 Å². The van der Waals surface area contributed by atoms with Crippen LogP contribution in [0.4, 0.5) is 0 Å². The second kappa shape index (κ2) is 13.4. The van der Waals surface area contributed by atoms with Gasteiger partial charge in [-0.1, -0.05) is 140 Å². The van der Waals surface area contributed by atoms with Gasteiger partial charge in [0.2, 0.25) is 0 Å². The van der Waals surface area contributed by atoms with E-state index in [2.05, 4.69) is 169 Å². The van der Waals surface area contributed by atoms with E-state index in [1.165, 1.54) is 15.6 Å². The summed E-state index contributed by atoms with van der Waals surface area (Å²) in [6.07, 6.45) is 0.836. The Morgan fingerprint density at radius 2 is 1.28 bits per heavy atom. The molecule has 9 rings (SSSR count). The molecule has 0 atom stereocenters. The van der Waals surface area contributed by atoms with Crippen LogP contribution < -0.4 is 0 Å². The number of benzene rings is 5.